The Bertz CT molecular complexity index is 1230. The predicted octanol–water partition coefficient (Wildman–Crippen LogP) is 6.47. The molecule has 1 fully saturated rings. The van der Waals surface area contributed by atoms with E-state index < -0.39 is 23.4 Å². The molecule has 0 atom stereocenters. The van der Waals surface area contributed by atoms with Crippen LogP contribution in [-0.2, 0) is 0 Å². The summed E-state index contributed by atoms with van der Waals surface area (Å²) in [6.07, 6.45) is 2.15. The SMILES string of the molecule is CC(C)(C)N(C(=O)O)c1ccc(OC(=O)c2cc(F)cc(N3CCCCC3)c2)c2ccccc12. The first-order valence-electron chi connectivity index (χ1n) is 11.5. The molecule has 3 aromatic rings. The maximum absolute atomic E-state index is 14.4. The molecule has 0 spiro atoms. The van der Waals surface area contributed by atoms with E-state index in [9.17, 15) is 19.1 Å². The van der Waals surface area contributed by atoms with E-state index in [1.165, 1.54) is 17.0 Å². The van der Waals surface area contributed by atoms with Gasteiger partial charge in [0.2, 0.25) is 0 Å². The third-order valence-electron chi connectivity index (χ3n) is 6.01. The molecule has 0 bridgehead atoms. The third kappa shape index (κ3) is 4.83. The molecule has 0 aromatic heterocycles. The summed E-state index contributed by atoms with van der Waals surface area (Å²) in [5, 5.41) is 11.1. The Hall–Kier alpha value is -3.61. The summed E-state index contributed by atoms with van der Waals surface area (Å²) >= 11 is 0. The Labute approximate surface area is 198 Å². The average molecular weight is 465 g/mol. The van der Waals surface area contributed by atoms with E-state index >= 15 is 0 Å². The Kier molecular flexibility index (Phi) is 6.46. The second-order valence-electron chi connectivity index (χ2n) is 9.55. The van der Waals surface area contributed by atoms with Crippen molar-refractivity contribution in [1.82, 2.24) is 0 Å². The lowest BCUT2D eigenvalue weighted by Crippen LogP contribution is -2.45. The van der Waals surface area contributed by atoms with Gasteiger partial charge in [0, 0.05) is 35.1 Å². The maximum Gasteiger partial charge on any atom is 0.412 e. The van der Waals surface area contributed by atoms with E-state index in [4.69, 9.17) is 4.74 Å². The van der Waals surface area contributed by atoms with Gasteiger partial charge in [-0.2, -0.15) is 0 Å². The Morgan fingerprint density at radius 2 is 1.65 bits per heavy atom. The number of nitrogens with zero attached hydrogens (tertiary/aromatic N) is 2. The lowest BCUT2D eigenvalue weighted by Gasteiger charge is -2.34. The van der Waals surface area contributed by atoms with Crippen LogP contribution in [0.5, 0.6) is 5.75 Å². The van der Waals surface area contributed by atoms with Crippen LogP contribution in [0.15, 0.2) is 54.6 Å². The number of piperidine rings is 1. The number of esters is 1. The van der Waals surface area contributed by atoms with Crippen molar-refractivity contribution in [3.63, 3.8) is 0 Å². The van der Waals surface area contributed by atoms with Crippen molar-refractivity contribution in [2.75, 3.05) is 22.9 Å². The van der Waals surface area contributed by atoms with Gasteiger partial charge in [-0.3, -0.25) is 4.90 Å². The van der Waals surface area contributed by atoms with E-state index in [1.54, 1.807) is 42.5 Å². The monoisotopic (exact) mass is 464 g/mol. The van der Waals surface area contributed by atoms with Crippen LogP contribution in [-0.4, -0.2) is 35.8 Å². The number of benzene rings is 3. The van der Waals surface area contributed by atoms with Gasteiger partial charge in [0.15, 0.2) is 0 Å². The third-order valence-corrected chi connectivity index (χ3v) is 6.01. The predicted molar refractivity (Wildman–Crippen MR) is 132 cm³/mol. The standard InChI is InChI=1S/C27H29FN2O4/c1-27(2,3)30(26(32)33)23-11-12-24(22-10-6-5-9-21(22)23)34-25(31)18-15-19(28)17-20(16-18)29-13-7-4-8-14-29/h5-6,9-12,15-17H,4,7-8,13-14H2,1-3H3,(H,32,33). The Morgan fingerprint density at radius 1 is 0.971 bits per heavy atom. The number of carbonyl (C=O) groups excluding carboxylic acids is 1. The molecule has 6 nitrogen and oxygen atoms in total. The number of ether oxygens (including phenoxy) is 1. The maximum atomic E-state index is 14.4. The first kappa shape index (κ1) is 23.5. The molecule has 3 aromatic carbocycles. The fourth-order valence-electron chi connectivity index (χ4n) is 4.48. The van der Waals surface area contributed by atoms with Crippen LogP contribution >= 0.6 is 0 Å². The molecule has 7 heteroatoms. The van der Waals surface area contributed by atoms with E-state index in [0.29, 0.717) is 22.1 Å². The highest BCUT2D eigenvalue weighted by molar-refractivity contribution is 6.05. The summed E-state index contributed by atoms with van der Waals surface area (Å²) in [7, 11) is 0. The topological polar surface area (TPSA) is 70.1 Å². The second kappa shape index (κ2) is 9.33. The molecule has 1 aliphatic rings. The second-order valence-corrected chi connectivity index (χ2v) is 9.55. The zero-order valence-corrected chi connectivity index (χ0v) is 19.7. The van der Waals surface area contributed by atoms with Crippen LogP contribution in [0.1, 0.15) is 50.4 Å². The summed E-state index contributed by atoms with van der Waals surface area (Å²) < 4.78 is 20.1. The van der Waals surface area contributed by atoms with Crippen LogP contribution in [0.25, 0.3) is 10.8 Å². The molecule has 34 heavy (non-hydrogen) atoms. The van der Waals surface area contributed by atoms with Crippen LogP contribution in [0.2, 0.25) is 0 Å². The summed E-state index contributed by atoms with van der Waals surface area (Å²) in [5.41, 5.74) is 0.623. The van der Waals surface area contributed by atoms with Gasteiger partial charge >= 0.3 is 12.1 Å². The van der Waals surface area contributed by atoms with Gasteiger partial charge in [-0.15, -0.1) is 0 Å². The zero-order valence-electron chi connectivity index (χ0n) is 19.7. The van der Waals surface area contributed by atoms with Gasteiger partial charge < -0.3 is 14.7 Å². The van der Waals surface area contributed by atoms with Gasteiger partial charge in [0.1, 0.15) is 11.6 Å². The van der Waals surface area contributed by atoms with E-state index in [0.717, 1.165) is 32.4 Å². The highest BCUT2D eigenvalue weighted by Crippen LogP contribution is 2.37. The van der Waals surface area contributed by atoms with Crippen molar-refractivity contribution in [3.05, 3.63) is 66.0 Å². The molecule has 0 aliphatic carbocycles. The van der Waals surface area contributed by atoms with E-state index in [-0.39, 0.29) is 11.3 Å². The molecule has 0 unspecified atom stereocenters. The average Bonchev–Trinajstić information content (AvgIpc) is 2.79. The van der Waals surface area contributed by atoms with Crippen LogP contribution in [0.4, 0.5) is 20.6 Å². The Balaban J connectivity index is 1.69. The molecule has 1 aliphatic heterocycles. The lowest BCUT2D eigenvalue weighted by atomic mass is 10.0. The van der Waals surface area contributed by atoms with Gasteiger partial charge in [0.05, 0.1) is 11.3 Å². The van der Waals surface area contributed by atoms with Crippen molar-refractivity contribution in [1.29, 1.82) is 0 Å². The van der Waals surface area contributed by atoms with Crippen molar-refractivity contribution in [3.8, 4) is 5.75 Å². The number of fused-ring (bicyclic) bond motifs is 1. The molecule has 4 rings (SSSR count). The van der Waals surface area contributed by atoms with Gasteiger partial charge in [-0.05, 0) is 70.4 Å². The number of carboxylic acid groups (broad SMARTS) is 1. The number of anilines is 2. The van der Waals surface area contributed by atoms with Crippen molar-refractivity contribution >= 4 is 34.2 Å². The molecule has 1 heterocycles. The van der Waals surface area contributed by atoms with Crippen molar-refractivity contribution in [2.24, 2.45) is 0 Å². The van der Waals surface area contributed by atoms with Gasteiger partial charge in [0.25, 0.3) is 0 Å². The fourth-order valence-corrected chi connectivity index (χ4v) is 4.48. The lowest BCUT2D eigenvalue weighted by molar-refractivity contribution is 0.0736. The highest BCUT2D eigenvalue weighted by atomic mass is 19.1. The molecule has 178 valence electrons. The first-order valence-corrected chi connectivity index (χ1v) is 11.5. The normalized spacial score (nSPS) is 14.2. The van der Waals surface area contributed by atoms with Gasteiger partial charge in [-0.1, -0.05) is 24.3 Å². The van der Waals surface area contributed by atoms with Crippen molar-refractivity contribution in [2.45, 2.75) is 45.6 Å². The number of rotatable bonds is 4. The van der Waals surface area contributed by atoms with E-state index in [2.05, 4.69) is 4.90 Å². The van der Waals surface area contributed by atoms with Crippen LogP contribution in [0.3, 0.4) is 0 Å². The minimum Gasteiger partial charge on any atom is -0.465 e. The van der Waals surface area contributed by atoms with Crippen LogP contribution in [0, 0.1) is 5.82 Å². The number of carbonyl (C=O) groups is 2. The smallest absolute Gasteiger partial charge is 0.412 e. The molecule has 1 N–H and O–H groups in total. The Morgan fingerprint density at radius 3 is 2.29 bits per heavy atom. The fraction of sp³-hybridized carbons (Fsp3) is 0.333. The largest absolute Gasteiger partial charge is 0.465 e. The van der Waals surface area contributed by atoms with Gasteiger partial charge in [-0.25, -0.2) is 14.0 Å². The van der Waals surface area contributed by atoms with Crippen LogP contribution < -0.4 is 14.5 Å². The molecule has 0 saturated carbocycles. The molecular formula is C27H29FN2O4. The minimum atomic E-state index is -1.08. The summed E-state index contributed by atoms with van der Waals surface area (Å²) in [5.74, 6) is -0.869. The molecule has 0 radical (unpaired) electrons. The minimum absolute atomic E-state index is 0.135. The molecule has 1 saturated heterocycles. The number of amides is 1. The number of halogens is 1. The number of hydrogen-bond acceptors (Lipinski definition) is 4. The van der Waals surface area contributed by atoms with Crippen molar-refractivity contribution < 1.29 is 23.8 Å². The molecular weight excluding hydrogens is 435 g/mol. The zero-order chi connectivity index (χ0) is 24.5. The summed E-state index contributed by atoms with van der Waals surface area (Å²) in [4.78, 5) is 28.4. The highest BCUT2D eigenvalue weighted by Gasteiger charge is 2.29. The quantitative estimate of drug-likeness (QED) is 0.354. The number of hydrogen-bond donors (Lipinski definition) is 1. The summed E-state index contributed by atoms with van der Waals surface area (Å²) in [6, 6.07) is 14.7. The van der Waals surface area contributed by atoms with E-state index in [1.807, 2.05) is 20.8 Å². The molecule has 1 amide bonds. The summed E-state index contributed by atoms with van der Waals surface area (Å²) in [6.45, 7) is 7.10. The first-order chi connectivity index (χ1) is 16.1.